The van der Waals surface area contributed by atoms with Crippen LogP contribution in [0.1, 0.15) is 32.6 Å². The number of likely N-dealkylation sites (tertiary alicyclic amines) is 1. The minimum Gasteiger partial charge on any atom is -0.495 e. The van der Waals surface area contributed by atoms with Crippen molar-refractivity contribution in [2.75, 3.05) is 13.7 Å². The summed E-state index contributed by atoms with van der Waals surface area (Å²) in [6, 6.07) is 10.4. The van der Waals surface area contributed by atoms with E-state index in [0.29, 0.717) is 18.0 Å². The highest BCUT2D eigenvalue weighted by Crippen LogP contribution is 2.23. The molecule has 0 aliphatic carbocycles. The molecule has 4 rings (SSSR count). The average molecular weight is 422 g/mol. The van der Waals surface area contributed by atoms with E-state index >= 15 is 0 Å². The van der Waals surface area contributed by atoms with E-state index in [4.69, 9.17) is 4.74 Å². The highest BCUT2D eigenvalue weighted by Gasteiger charge is 2.27. The Morgan fingerprint density at radius 3 is 2.74 bits per heavy atom. The maximum absolute atomic E-state index is 13.5. The molecule has 0 spiro atoms. The van der Waals surface area contributed by atoms with Gasteiger partial charge in [0.25, 0.3) is 5.56 Å². The van der Waals surface area contributed by atoms with Crippen LogP contribution in [0.4, 0.5) is 0 Å². The van der Waals surface area contributed by atoms with Crippen molar-refractivity contribution >= 4 is 16.9 Å². The fraction of sp³-hybridized carbons (Fsp3) is 0.391. The molecule has 2 aromatic heterocycles. The van der Waals surface area contributed by atoms with Gasteiger partial charge in [-0.3, -0.25) is 9.59 Å². The van der Waals surface area contributed by atoms with E-state index in [1.165, 1.54) is 17.9 Å². The number of benzene rings is 1. The Morgan fingerprint density at radius 2 is 1.97 bits per heavy atom. The summed E-state index contributed by atoms with van der Waals surface area (Å²) in [6.07, 6.45) is 5.36. The van der Waals surface area contributed by atoms with Crippen LogP contribution in [0.5, 0.6) is 5.75 Å². The van der Waals surface area contributed by atoms with Crippen molar-refractivity contribution < 1.29 is 9.53 Å². The van der Waals surface area contributed by atoms with Crippen LogP contribution in [0.15, 0.2) is 52.2 Å². The molecule has 1 saturated heterocycles. The fourth-order valence-corrected chi connectivity index (χ4v) is 4.34. The number of pyridine rings is 1. The highest BCUT2D eigenvalue weighted by atomic mass is 16.5. The third kappa shape index (κ3) is 3.73. The topological polar surface area (TPSA) is 86.4 Å². The summed E-state index contributed by atoms with van der Waals surface area (Å²) in [6.45, 7) is 2.41. The Bertz CT molecular complexity index is 1230. The van der Waals surface area contributed by atoms with E-state index in [0.717, 1.165) is 30.3 Å². The Morgan fingerprint density at radius 1 is 1.16 bits per heavy atom. The van der Waals surface area contributed by atoms with Crippen molar-refractivity contribution in [1.82, 2.24) is 19.0 Å². The van der Waals surface area contributed by atoms with E-state index in [1.54, 1.807) is 36.4 Å². The fourth-order valence-electron chi connectivity index (χ4n) is 4.34. The molecular formula is C23H26N4O4. The number of amides is 1. The number of hydrogen-bond donors (Lipinski definition) is 0. The van der Waals surface area contributed by atoms with Gasteiger partial charge in [0, 0.05) is 18.8 Å². The van der Waals surface area contributed by atoms with Crippen molar-refractivity contribution in [3.8, 4) is 11.4 Å². The van der Waals surface area contributed by atoms with E-state index in [1.807, 2.05) is 4.90 Å². The molecule has 31 heavy (non-hydrogen) atoms. The van der Waals surface area contributed by atoms with Gasteiger partial charge >= 0.3 is 5.69 Å². The van der Waals surface area contributed by atoms with Crippen LogP contribution < -0.4 is 16.0 Å². The molecule has 1 atom stereocenters. The third-order valence-corrected chi connectivity index (χ3v) is 5.93. The molecule has 3 heterocycles. The van der Waals surface area contributed by atoms with Gasteiger partial charge in [0.15, 0.2) is 5.65 Å². The zero-order chi connectivity index (χ0) is 22.0. The van der Waals surface area contributed by atoms with Gasteiger partial charge in [-0.1, -0.05) is 19.1 Å². The number of para-hydroxylation sites is 2. The lowest BCUT2D eigenvalue weighted by Gasteiger charge is -2.35. The van der Waals surface area contributed by atoms with Gasteiger partial charge in [-0.2, -0.15) is 0 Å². The molecular weight excluding hydrogens is 396 g/mol. The smallest absolute Gasteiger partial charge is 0.337 e. The number of aromatic nitrogens is 3. The van der Waals surface area contributed by atoms with E-state index in [9.17, 15) is 14.4 Å². The number of carbonyl (C=O) groups is 1. The Hall–Kier alpha value is -3.42. The van der Waals surface area contributed by atoms with Gasteiger partial charge in [0.05, 0.1) is 18.2 Å². The number of fused-ring (bicyclic) bond motifs is 1. The van der Waals surface area contributed by atoms with Gasteiger partial charge in [-0.15, -0.1) is 0 Å². The lowest BCUT2D eigenvalue weighted by molar-refractivity contribution is -0.135. The number of carbonyl (C=O) groups excluding carboxylic acids is 1. The first-order chi connectivity index (χ1) is 15.1. The normalized spacial score (nSPS) is 16.5. The van der Waals surface area contributed by atoms with Crippen LogP contribution in [0, 0.1) is 0 Å². The second-order valence-electron chi connectivity index (χ2n) is 7.70. The standard InChI is InChI=1S/C23H26N4O4/c1-3-16-9-6-7-14-25(16)20(28)15-26-22(29)17-10-8-13-24-21(17)27(23(26)30)18-11-4-5-12-19(18)31-2/h4-5,8,10-13,16H,3,6-7,9,14-15H2,1-2H3/t16-/m1/s1. The number of ether oxygens (including phenoxy) is 1. The Balaban J connectivity index is 1.88. The van der Waals surface area contributed by atoms with E-state index in [-0.39, 0.29) is 29.5 Å². The molecule has 8 heteroatoms. The predicted octanol–water partition coefficient (Wildman–Crippen LogP) is 2.35. The summed E-state index contributed by atoms with van der Waals surface area (Å²) in [5.41, 5.74) is -0.434. The first-order valence-electron chi connectivity index (χ1n) is 10.6. The predicted molar refractivity (Wildman–Crippen MR) is 118 cm³/mol. The summed E-state index contributed by atoms with van der Waals surface area (Å²) in [5.74, 6) is 0.260. The van der Waals surface area contributed by atoms with Gasteiger partial charge in [-0.05, 0) is 49.9 Å². The number of methoxy groups -OCH3 is 1. The largest absolute Gasteiger partial charge is 0.495 e. The molecule has 8 nitrogen and oxygen atoms in total. The summed E-state index contributed by atoms with van der Waals surface area (Å²) < 4.78 is 7.79. The van der Waals surface area contributed by atoms with Crippen LogP contribution in [0.3, 0.4) is 0 Å². The molecule has 1 aromatic carbocycles. The first kappa shape index (κ1) is 20.8. The quantitative estimate of drug-likeness (QED) is 0.630. The number of rotatable bonds is 5. The zero-order valence-electron chi connectivity index (χ0n) is 17.8. The highest BCUT2D eigenvalue weighted by molar-refractivity contribution is 5.79. The molecule has 3 aromatic rings. The maximum atomic E-state index is 13.5. The average Bonchev–Trinajstić information content (AvgIpc) is 2.82. The molecule has 0 N–H and O–H groups in total. The molecule has 0 unspecified atom stereocenters. The first-order valence-corrected chi connectivity index (χ1v) is 10.6. The maximum Gasteiger partial charge on any atom is 0.337 e. The lowest BCUT2D eigenvalue weighted by atomic mass is 10.00. The molecule has 0 radical (unpaired) electrons. The molecule has 1 amide bonds. The molecule has 0 bridgehead atoms. The van der Waals surface area contributed by atoms with Crippen molar-refractivity contribution in [2.45, 2.75) is 45.2 Å². The minimum absolute atomic E-state index is 0.149. The van der Waals surface area contributed by atoms with Crippen LogP contribution in [0.25, 0.3) is 16.7 Å². The van der Waals surface area contributed by atoms with Crippen molar-refractivity contribution in [1.29, 1.82) is 0 Å². The van der Waals surface area contributed by atoms with E-state index in [2.05, 4.69) is 11.9 Å². The Kier molecular flexibility index (Phi) is 5.88. The van der Waals surface area contributed by atoms with E-state index < -0.39 is 11.2 Å². The summed E-state index contributed by atoms with van der Waals surface area (Å²) >= 11 is 0. The second kappa shape index (κ2) is 8.75. The van der Waals surface area contributed by atoms with Crippen LogP contribution in [-0.4, -0.2) is 44.6 Å². The number of nitrogens with zero attached hydrogens (tertiary/aromatic N) is 4. The molecule has 1 fully saturated rings. The van der Waals surface area contributed by atoms with Gasteiger partial charge in [0.1, 0.15) is 12.3 Å². The summed E-state index contributed by atoms with van der Waals surface area (Å²) in [7, 11) is 1.51. The minimum atomic E-state index is -0.612. The van der Waals surface area contributed by atoms with Crippen molar-refractivity contribution in [3.05, 3.63) is 63.4 Å². The monoisotopic (exact) mass is 422 g/mol. The molecule has 1 aliphatic heterocycles. The van der Waals surface area contributed by atoms with Crippen LogP contribution in [-0.2, 0) is 11.3 Å². The zero-order valence-corrected chi connectivity index (χ0v) is 17.8. The van der Waals surface area contributed by atoms with Crippen molar-refractivity contribution in [3.63, 3.8) is 0 Å². The third-order valence-electron chi connectivity index (χ3n) is 5.93. The molecule has 0 saturated carbocycles. The van der Waals surface area contributed by atoms with Crippen LogP contribution >= 0.6 is 0 Å². The SMILES string of the molecule is CC[C@@H]1CCCCN1C(=O)Cn1c(=O)c2cccnc2n(-c2ccccc2OC)c1=O. The second-order valence-corrected chi connectivity index (χ2v) is 7.70. The Labute approximate surface area is 179 Å². The van der Waals surface area contributed by atoms with Gasteiger partial charge in [-0.25, -0.2) is 18.9 Å². The molecule has 162 valence electrons. The molecule has 1 aliphatic rings. The van der Waals surface area contributed by atoms with Gasteiger partial charge in [0.2, 0.25) is 5.91 Å². The summed E-state index contributed by atoms with van der Waals surface area (Å²) in [5, 5.41) is 0.270. The summed E-state index contributed by atoms with van der Waals surface area (Å²) in [4.78, 5) is 45.9. The number of hydrogen-bond acceptors (Lipinski definition) is 5. The van der Waals surface area contributed by atoms with Gasteiger partial charge < -0.3 is 9.64 Å². The van der Waals surface area contributed by atoms with Crippen molar-refractivity contribution in [2.24, 2.45) is 0 Å². The lowest BCUT2D eigenvalue weighted by Crippen LogP contribution is -2.49. The number of piperidine rings is 1. The van der Waals surface area contributed by atoms with Crippen LogP contribution in [0.2, 0.25) is 0 Å².